The van der Waals surface area contributed by atoms with Crippen molar-refractivity contribution in [2.45, 2.75) is 20.8 Å². The van der Waals surface area contributed by atoms with E-state index >= 15 is 0 Å². The monoisotopic (exact) mass is 183 g/mol. The van der Waals surface area contributed by atoms with Crippen LogP contribution in [0.25, 0.3) is 0 Å². The highest BCUT2D eigenvalue weighted by atomic mass is 16.6. The van der Waals surface area contributed by atoms with Crippen molar-refractivity contribution in [3.8, 4) is 0 Å². The molecule has 1 heterocycles. The number of hydrazone groups is 1. The Hall–Kier alpha value is -1.39. The molecule has 1 rings (SSSR count). The van der Waals surface area contributed by atoms with Crippen molar-refractivity contribution < 1.29 is 9.63 Å². The van der Waals surface area contributed by atoms with Gasteiger partial charge in [-0.1, -0.05) is 25.9 Å². The van der Waals surface area contributed by atoms with Crippen LogP contribution < -0.4 is 5.43 Å². The molecule has 0 saturated heterocycles. The Bertz CT molecular complexity index is 286. The minimum atomic E-state index is -0.313. The first-order valence-electron chi connectivity index (χ1n) is 3.97. The first-order chi connectivity index (χ1) is 5.96. The molecule has 5 nitrogen and oxygen atoms in total. The Morgan fingerprint density at radius 1 is 1.46 bits per heavy atom. The molecule has 0 aromatic heterocycles. The molecule has 0 spiro atoms. The number of amides is 1. The summed E-state index contributed by atoms with van der Waals surface area (Å²) in [5.74, 6) is -0.313. The van der Waals surface area contributed by atoms with Crippen LogP contribution in [0.15, 0.2) is 10.3 Å². The number of hydrogen-bond acceptors (Lipinski definition) is 4. The first-order valence-corrected chi connectivity index (χ1v) is 3.97. The number of carbonyl (C=O) groups is 1. The molecule has 1 N–H and O–H groups in total. The maximum atomic E-state index is 11.2. The van der Waals surface area contributed by atoms with Gasteiger partial charge in [-0.3, -0.25) is 4.79 Å². The number of hydrogen-bond donors (Lipinski definition) is 1. The van der Waals surface area contributed by atoms with E-state index in [1.165, 1.54) is 7.11 Å². The zero-order valence-corrected chi connectivity index (χ0v) is 8.21. The molecular formula is C8H13N3O2. The fourth-order valence-corrected chi connectivity index (χ4v) is 1.02. The van der Waals surface area contributed by atoms with Crippen LogP contribution in [0.3, 0.4) is 0 Å². The number of carbonyl (C=O) groups excluding carboxylic acids is 1. The van der Waals surface area contributed by atoms with Crippen LogP contribution in [0, 0.1) is 5.41 Å². The summed E-state index contributed by atoms with van der Waals surface area (Å²) in [4.78, 5) is 15.8. The normalized spacial score (nSPS) is 20.2. The topological polar surface area (TPSA) is 63.0 Å². The minimum Gasteiger partial charge on any atom is -0.398 e. The van der Waals surface area contributed by atoms with Crippen molar-refractivity contribution in [2.24, 2.45) is 15.7 Å². The predicted molar refractivity (Wildman–Crippen MR) is 49.5 cm³/mol. The molecule has 0 atom stereocenters. The standard InChI is InChI=1S/C8H13N3O2/c1-8(2,3)6-5(11-13-4)7(12)10-9-6/h1-4H3,(H,10,11,12). The lowest BCUT2D eigenvalue weighted by atomic mass is 9.87. The molecule has 0 bridgehead atoms. The predicted octanol–water partition coefficient (Wildman–Crippen LogP) is 0.521. The molecule has 0 aromatic rings. The molecule has 0 fully saturated rings. The van der Waals surface area contributed by atoms with Gasteiger partial charge in [0.2, 0.25) is 0 Å². The Morgan fingerprint density at radius 2 is 2.08 bits per heavy atom. The van der Waals surface area contributed by atoms with E-state index in [4.69, 9.17) is 0 Å². The molecule has 5 heteroatoms. The van der Waals surface area contributed by atoms with Crippen LogP contribution in [0.1, 0.15) is 20.8 Å². The van der Waals surface area contributed by atoms with Crippen molar-refractivity contribution in [2.75, 3.05) is 7.11 Å². The lowest BCUT2D eigenvalue weighted by Crippen LogP contribution is -2.31. The molecular weight excluding hydrogens is 170 g/mol. The number of rotatable bonds is 1. The molecule has 0 unspecified atom stereocenters. The maximum absolute atomic E-state index is 11.2. The molecule has 1 aliphatic rings. The molecule has 13 heavy (non-hydrogen) atoms. The van der Waals surface area contributed by atoms with E-state index < -0.39 is 0 Å². The highest BCUT2D eigenvalue weighted by Gasteiger charge is 2.33. The van der Waals surface area contributed by atoms with Crippen LogP contribution >= 0.6 is 0 Å². The SMILES string of the molecule is CON=C1C(=O)NN=C1C(C)(C)C. The van der Waals surface area contributed by atoms with Crippen molar-refractivity contribution in [1.82, 2.24) is 5.43 Å². The van der Waals surface area contributed by atoms with Crippen molar-refractivity contribution in [3.63, 3.8) is 0 Å². The Balaban J connectivity index is 3.00. The van der Waals surface area contributed by atoms with E-state index in [0.717, 1.165) is 0 Å². The molecule has 1 aliphatic heterocycles. The quantitative estimate of drug-likeness (QED) is 0.602. The highest BCUT2D eigenvalue weighted by molar-refractivity contribution is 6.69. The fourth-order valence-electron chi connectivity index (χ4n) is 1.02. The summed E-state index contributed by atoms with van der Waals surface area (Å²) in [5.41, 5.74) is 3.02. The summed E-state index contributed by atoms with van der Waals surface area (Å²) in [6.07, 6.45) is 0. The Morgan fingerprint density at radius 3 is 2.54 bits per heavy atom. The van der Waals surface area contributed by atoms with Gasteiger partial charge in [-0.2, -0.15) is 5.10 Å². The van der Waals surface area contributed by atoms with E-state index in [9.17, 15) is 4.79 Å². The molecule has 0 aromatic carbocycles. The second kappa shape index (κ2) is 3.16. The van der Waals surface area contributed by atoms with Crippen molar-refractivity contribution in [3.05, 3.63) is 0 Å². The number of nitrogens with one attached hydrogen (secondary N) is 1. The van der Waals surface area contributed by atoms with E-state index in [1.807, 2.05) is 20.8 Å². The summed E-state index contributed by atoms with van der Waals surface area (Å²) >= 11 is 0. The molecule has 72 valence electrons. The average Bonchev–Trinajstić information content (AvgIpc) is 2.32. The van der Waals surface area contributed by atoms with Gasteiger partial charge in [0.25, 0.3) is 5.91 Å². The van der Waals surface area contributed by atoms with Crippen LogP contribution in [-0.2, 0) is 9.63 Å². The fraction of sp³-hybridized carbons (Fsp3) is 0.625. The average molecular weight is 183 g/mol. The van der Waals surface area contributed by atoms with Crippen LogP contribution in [0.2, 0.25) is 0 Å². The van der Waals surface area contributed by atoms with Crippen molar-refractivity contribution in [1.29, 1.82) is 0 Å². The van der Waals surface area contributed by atoms with Crippen LogP contribution in [0.4, 0.5) is 0 Å². The van der Waals surface area contributed by atoms with E-state index in [1.54, 1.807) is 0 Å². The molecule has 0 aliphatic carbocycles. The van der Waals surface area contributed by atoms with Gasteiger partial charge in [-0.15, -0.1) is 0 Å². The second-order valence-electron chi connectivity index (χ2n) is 3.77. The molecule has 0 saturated carbocycles. The zero-order valence-electron chi connectivity index (χ0n) is 8.21. The van der Waals surface area contributed by atoms with E-state index in [0.29, 0.717) is 5.71 Å². The lowest BCUT2D eigenvalue weighted by molar-refractivity contribution is -0.114. The van der Waals surface area contributed by atoms with Gasteiger partial charge in [0, 0.05) is 5.41 Å². The van der Waals surface area contributed by atoms with Gasteiger partial charge in [0.05, 0.1) is 0 Å². The zero-order chi connectivity index (χ0) is 10.1. The first kappa shape index (κ1) is 9.70. The minimum absolute atomic E-state index is 0.212. The molecule has 1 amide bonds. The van der Waals surface area contributed by atoms with Gasteiger partial charge < -0.3 is 4.84 Å². The van der Waals surface area contributed by atoms with E-state index in [-0.39, 0.29) is 17.0 Å². The van der Waals surface area contributed by atoms with Crippen LogP contribution in [-0.4, -0.2) is 24.4 Å². The maximum Gasteiger partial charge on any atom is 0.295 e. The summed E-state index contributed by atoms with van der Waals surface area (Å²) in [6, 6.07) is 0. The van der Waals surface area contributed by atoms with Gasteiger partial charge >= 0.3 is 0 Å². The largest absolute Gasteiger partial charge is 0.398 e. The van der Waals surface area contributed by atoms with Crippen molar-refractivity contribution >= 4 is 17.3 Å². The smallest absolute Gasteiger partial charge is 0.295 e. The Labute approximate surface area is 76.8 Å². The molecule has 0 radical (unpaired) electrons. The van der Waals surface area contributed by atoms with Gasteiger partial charge in [0.1, 0.15) is 12.8 Å². The van der Waals surface area contributed by atoms with Crippen LogP contribution in [0.5, 0.6) is 0 Å². The third-order valence-corrected chi connectivity index (χ3v) is 1.60. The summed E-state index contributed by atoms with van der Waals surface area (Å²) in [6.45, 7) is 5.87. The summed E-state index contributed by atoms with van der Waals surface area (Å²) < 4.78 is 0. The summed E-state index contributed by atoms with van der Waals surface area (Å²) in [5, 5.41) is 7.52. The number of oxime groups is 1. The van der Waals surface area contributed by atoms with Gasteiger partial charge in [0.15, 0.2) is 5.71 Å². The third kappa shape index (κ3) is 1.85. The third-order valence-electron chi connectivity index (χ3n) is 1.60. The number of nitrogens with zero attached hydrogens (tertiary/aromatic N) is 2. The summed E-state index contributed by atoms with van der Waals surface area (Å²) in [7, 11) is 1.40. The lowest BCUT2D eigenvalue weighted by Gasteiger charge is -2.16. The van der Waals surface area contributed by atoms with Gasteiger partial charge in [-0.05, 0) is 0 Å². The van der Waals surface area contributed by atoms with Gasteiger partial charge in [-0.25, -0.2) is 5.43 Å². The highest BCUT2D eigenvalue weighted by Crippen LogP contribution is 2.19. The second-order valence-corrected chi connectivity index (χ2v) is 3.77. The van der Waals surface area contributed by atoms with E-state index in [2.05, 4.69) is 20.5 Å². The Kier molecular flexibility index (Phi) is 2.36.